The number of alkyl halides is 2. The summed E-state index contributed by atoms with van der Waals surface area (Å²) in [5, 5.41) is 2.71. The molecular weight excluding hydrogens is 316 g/mol. The van der Waals surface area contributed by atoms with Crippen LogP contribution in [-0.4, -0.2) is 19.1 Å². The molecule has 0 atom stereocenters. The van der Waals surface area contributed by atoms with Crippen LogP contribution in [0, 0.1) is 0 Å². The van der Waals surface area contributed by atoms with E-state index in [2.05, 4.69) is 17.0 Å². The van der Waals surface area contributed by atoms with Gasteiger partial charge in [-0.15, -0.1) is 0 Å². The molecule has 0 aliphatic carbocycles. The second-order valence-corrected chi connectivity index (χ2v) is 5.06. The molecule has 24 heavy (non-hydrogen) atoms. The van der Waals surface area contributed by atoms with Crippen LogP contribution in [0.1, 0.15) is 30.1 Å². The zero-order valence-corrected chi connectivity index (χ0v) is 13.3. The number of hydrogen-bond donors (Lipinski definition) is 1. The highest BCUT2D eigenvalue weighted by Crippen LogP contribution is 2.22. The third-order valence-corrected chi connectivity index (χ3v) is 3.22. The number of ether oxygens (including phenoxy) is 2. The number of amides is 1. The largest absolute Gasteiger partial charge is 0.493 e. The van der Waals surface area contributed by atoms with Gasteiger partial charge in [0.1, 0.15) is 11.5 Å². The average molecular weight is 335 g/mol. The molecule has 2 aromatic carbocycles. The van der Waals surface area contributed by atoms with Crippen LogP contribution >= 0.6 is 0 Å². The van der Waals surface area contributed by atoms with E-state index in [1.165, 1.54) is 24.3 Å². The minimum absolute atomic E-state index is 0.0336. The molecule has 1 N–H and O–H groups in total. The van der Waals surface area contributed by atoms with Crippen molar-refractivity contribution in [1.82, 2.24) is 0 Å². The number of unbranched alkanes of at least 4 members (excludes halogenated alkanes) is 1. The summed E-state index contributed by atoms with van der Waals surface area (Å²) in [5.41, 5.74) is 0.895. The topological polar surface area (TPSA) is 47.6 Å². The van der Waals surface area contributed by atoms with Crippen LogP contribution < -0.4 is 14.8 Å². The number of rotatable bonds is 8. The van der Waals surface area contributed by atoms with E-state index >= 15 is 0 Å². The molecule has 0 aliphatic heterocycles. The first-order valence-electron chi connectivity index (χ1n) is 7.68. The molecule has 0 fully saturated rings. The van der Waals surface area contributed by atoms with Crippen molar-refractivity contribution in [2.45, 2.75) is 26.4 Å². The van der Waals surface area contributed by atoms with E-state index in [-0.39, 0.29) is 11.7 Å². The van der Waals surface area contributed by atoms with Crippen LogP contribution in [0.3, 0.4) is 0 Å². The molecule has 0 heterocycles. The fraction of sp³-hybridized carbons (Fsp3) is 0.278. The lowest BCUT2D eigenvalue weighted by Gasteiger charge is -2.12. The van der Waals surface area contributed by atoms with Crippen LogP contribution in [-0.2, 0) is 0 Å². The van der Waals surface area contributed by atoms with Crippen LogP contribution in [0.15, 0.2) is 48.5 Å². The van der Waals surface area contributed by atoms with Gasteiger partial charge in [0.05, 0.1) is 12.2 Å². The number of carbonyl (C=O) groups is 1. The van der Waals surface area contributed by atoms with E-state index in [4.69, 9.17) is 4.74 Å². The Hall–Kier alpha value is -2.63. The van der Waals surface area contributed by atoms with Crippen LogP contribution in [0.4, 0.5) is 14.5 Å². The Balaban J connectivity index is 2.04. The smallest absolute Gasteiger partial charge is 0.387 e. The Labute approximate surface area is 139 Å². The first-order valence-corrected chi connectivity index (χ1v) is 7.68. The van der Waals surface area contributed by atoms with Gasteiger partial charge in [-0.1, -0.05) is 25.5 Å². The summed E-state index contributed by atoms with van der Waals surface area (Å²) in [6.45, 7) is -0.276. The quantitative estimate of drug-likeness (QED) is 0.710. The highest BCUT2D eigenvalue weighted by atomic mass is 19.3. The maximum atomic E-state index is 12.4. The van der Waals surface area contributed by atoms with Gasteiger partial charge in [-0.3, -0.25) is 4.79 Å². The molecule has 0 aliphatic rings. The summed E-state index contributed by atoms with van der Waals surface area (Å²) in [5.74, 6) is 0.219. The van der Waals surface area contributed by atoms with E-state index < -0.39 is 6.61 Å². The van der Waals surface area contributed by atoms with Crippen LogP contribution in [0.25, 0.3) is 0 Å². The van der Waals surface area contributed by atoms with E-state index in [9.17, 15) is 13.6 Å². The SMILES string of the molecule is CCCCOc1ccccc1C(=O)Nc1ccc(OC(F)F)cc1. The molecule has 0 bridgehead atoms. The van der Waals surface area contributed by atoms with Crippen molar-refractivity contribution in [2.24, 2.45) is 0 Å². The maximum absolute atomic E-state index is 12.4. The third kappa shape index (κ3) is 5.22. The zero-order valence-electron chi connectivity index (χ0n) is 13.3. The van der Waals surface area contributed by atoms with Gasteiger partial charge in [-0.05, 0) is 42.8 Å². The fourth-order valence-corrected chi connectivity index (χ4v) is 2.02. The monoisotopic (exact) mass is 335 g/mol. The van der Waals surface area contributed by atoms with Gasteiger partial charge >= 0.3 is 6.61 Å². The summed E-state index contributed by atoms with van der Waals surface area (Å²) in [4.78, 5) is 12.4. The first kappa shape index (κ1) is 17.7. The molecule has 0 radical (unpaired) electrons. The molecule has 0 saturated heterocycles. The molecule has 1 amide bonds. The molecule has 128 valence electrons. The molecule has 0 aromatic heterocycles. The average Bonchev–Trinajstić information content (AvgIpc) is 2.57. The van der Waals surface area contributed by atoms with Crippen molar-refractivity contribution in [3.63, 3.8) is 0 Å². The van der Waals surface area contributed by atoms with E-state index in [1.807, 2.05) is 0 Å². The number of nitrogens with one attached hydrogen (secondary N) is 1. The predicted molar refractivity (Wildman–Crippen MR) is 87.9 cm³/mol. The Morgan fingerprint density at radius 3 is 2.50 bits per heavy atom. The standard InChI is InChI=1S/C18H19F2NO3/c1-2-3-12-23-16-7-5-4-6-15(16)17(22)21-13-8-10-14(11-9-13)24-18(19)20/h4-11,18H,2-3,12H2,1H3,(H,21,22). The van der Waals surface area contributed by atoms with Crippen molar-refractivity contribution < 1.29 is 23.0 Å². The highest BCUT2D eigenvalue weighted by Gasteiger charge is 2.12. The van der Waals surface area contributed by atoms with Gasteiger partial charge < -0.3 is 14.8 Å². The van der Waals surface area contributed by atoms with Gasteiger partial charge in [0.2, 0.25) is 0 Å². The number of anilines is 1. The second-order valence-electron chi connectivity index (χ2n) is 5.06. The van der Waals surface area contributed by atoms with Crippen LogP contribution in [0.2, 0.25) is 0 Å². The van der Waals surface area contributed by atoms with Gasteiger partial charge in [0.15, 0.2) is 0 Å². The van der Waals surface area contributed by atoms with E-state index in [0.717, 1.165) is 12.8 Å². The second kappa shape index (κ2) is 8.86. The molecule has 0 unspecified atom stereocenters. The number of carbonyl (C=O) groups excluding carboxylic acids is 1. The lowest BCUT2D eigenvalue weighted by atomic mass is 10.2. The maximum Gasteiger partial charge on any atom is 0.387 e. The van der Waals surface area contributed by atoms with Crippen molar-refractivity contribution in [2.75, 3.05) is 11.9 Å². The van der Waals surface area contributed by atoms with Gasteiger partial charge in [0, 0.05) is 5.69 Å². The Morgan fingerprint density at radius 1 is 1.12 bits per heavy atom. The normalized spacial score (nSPS) is 10.5. The number of halogens is 2. The zero-order chi connectivity index (χ0) is 17.4. The number of benzene rings is 2. The van der Waals surface area contributed by atoms with Crippen molar-refractivity contribution in [1.29, 1.82) is 0 Å². The summed E-state index contributed by atoms with van der Waals surface area (Å²) in [7, 11) is 0. The van der Waals surface area contributed by atoms with E-state index in [1.54, 1.807) is 24.3 Å². The molecular formula is C18H19F2NO3. The summed E-state index contributed by atoms with van der Waals surface area (Å²) >= 11 is 0. The van der Waals surface area contributed by atoms with Crippen molar-refractivity contribution >= 4 is 11.6 Å². The van der Waals surface area contributed by atoms with Gasteiger partial charge in [-0.2, -0.15) is 8.78 Å². The highest BCUT2D eigenvalue weighted by molar-refractivity contribution is 6.06. The minimum atomic E-state index is -2.88. The molecule has 2 aromatic rings. The predicted octanol–water partition coefficient (Wildman–Crippen LogP) is 4.72. The minimum Gasteiger partial charge on any atom is -0.493 e. The fourth-order valence-electron chi connectivity index (χ4n) is 2.02. The molecule has 6 heteroatoms. The first-order chi connectivity index (χ1) is 11.6. The van der Waals surface area contributed by atoms with Gasteiger partial charge in [-0.25, -0.2) is 0 Å². The lowest BCUT2D eigenvalue weighted by Crippen LogP contribution is -2.14. The van der Waals surface area contributed by atoms with Gasteiger partial charge in [0.25, 0.3) is 5.91 Å². The number of para-hydroxylation sites is 1. The van der Waals surface area contributed by atoms with Crippen molar-refractivity contribution in [3.05, 3.63) is 54.1 Å². The Bertz CT molecular complexity index is 660. The van der Waals surface area contributed by atoms with Crippen molar-refractivity contribution in [3.8, 4) is 11.5 Å². The Morgan fingerprint density at radius 2 is 1.83 bits per heavy atom. The summed E-state index contributed by atoms with van der Waals surface area (Å²) in [6.07, 6.45) is 1.91. The molecule has 2 rings (SSSR count). The Kier molecular flexibility index (Phi) is 6.54. The third-order valence-electron chi connectivity index (χ3n) is 3.22. The molecule has 4 nitrogen and oxygen atoms in total. The summed E-state index contributed by atoms with van der Waals surface area (Å²) < 4.78 is 34.1. The molecule has 0 saturated carbocycles. The number of hydrogen-bond acceptors (Lipinski definition) is 3. The summed E-state index contributed by atoms with van der Waals surface area (Å²) in [6, 6.07) is 12.7. The molecule has 0 spiro atoms. The van der Waals surface area contributed by atoms with Crippen LogP contribution in [0.5, 0.6) is 11.5 Å². The van der Waals surface area contributed by atoms with E-state index in [0.29, 0.717) is 23.6 Å². The lowest BCUT2D eigenvalue weighted by molar-refractivity contribution is -0.0498.